The fourth-order valence-electron chi connectivity index (χ4n) is 6.11. The van der Waals surface area contributed by atoms with Crippen LogP contribution in [0.5, 0.6) is 11.5 Å². The van der Waals surface area contributed by atoms with E-state index in [1.807, 2.05) is 0 Å². The molecule has 0 spiro atoms. The van der Waals surface area contributed by atoms with Crippen molar-refractivity contribution in [2.24, 2.45) is 11.3 Å². The molecular weight excluding hydrogens is 701 g/mol. The number of aromatic nitrogens is 4. The van der Waals surface area contributed by atoms with E-state index >= 15 is 0 Å². The van der Waals surface area contributed by atoms with E-state index < -0.39 is 74.1 Å². The first kappa shape index (κ1) is 36.0. The zero-order valence-electron chi connectivity index (χ0n) is 28.6. The summed E-state index contributed by atoms with van der Waals surface area (Å²) in [4.78, 5) is 57.7. The van der Waals surface area contributed by atoms with Gasteiger partial charge in [-0.05, 0) is 65.6 Å². The first-order valence-electron chi connectivity index (χ1n) is 16.4. The second kappa shape index (κ2) is 13.7. The minimum Gasteiger partial charge on any atom is -0.497 e. The van der Waals surface area contributed by atoms with Crippen LogP contribution < -0.4 is 24.8 Å². The number of tetrazole rings is 1. The van der Waals surface area contributed by atoms with Crippen molar-refractivity contribution in [2.75, 3.05) is 13.7 Å². The summed E-state index contributed by atoms with van der Waals surface area (Å²) in [5.74, 6) is -1.36. The summed E-state index contributed by atoms with van der Waals surface area (Å²) in [6.45, 7) is 9.01. The predicted molar refractivity (Wildman–Crippen MR) is 185 cm³/mol. The maximum absolute atomic E-state index is 14.4. The molecule has 1 aromatic carbocycles. The van der Waals surface area contributed by atoms with Gasteiger partial charge >= 0.3 is 6.09 Å². The van der Waals surface area contributed by atoms with Crippen molar-refractivity contribution >= 4 is 45.2 Å². The van der Waals surface area contributed by atoms with E-state index in [0.717, 1.165) is 0 Å². The number of benzene rings is 1. The van der Waals surface area contributed by atoms with Crippen LogP contribution in [0.4, 0.5) is 4.79 Å². The van der Waals surface area contributed by atoms with Crippen LogP contribution in [0.15, 0.2) is 53.7 Å². The summed E-state index contributed by atoms with van der Waals surface area (Å²) >= 11 is 1.34. The lowest BCUT2D eigenvalue weighted by Crippen LogP contribution is -2.60. The van der Waals surface area contributed by atoms with Crippen molar-refractivity contribution in [1.82, 2.24) is 40.5 Å². The number of amides is 4. The van der Waals surface area contributed by atoms with Gasteiger partial charge in [-0.1, -0.05) is 26.8 Å². The summed E-state index contributed by atoms with van der Waals surface area (Å²) < 4.78 is 38.0. The van der Waals surface area contributed by atoms with E-state index in [1.54, 1.807) is 69.0 Å². The molecule has 2 aromatic heterocycles. The van der Waals surface area contributed by atoms with Crippen LogP contribution in [0.1, 0.15) is 52.5 Å². The molecule has 4 amide bonds. The minimum atomic E-state index is -3.90. The largest absolute Gasteiger partial charge is 0.497 e. The topological polar surface area (TPSA) is 204 Å². The number of hydrogen-bond acceptors (Lipinski definition) is 12. The Hall–Kier alpha value is -4.84. The van der Waals surface area contributed by atoms with Crippen LogP contribution in [0.2, 0.25) is 0 Å². The average Bonchev–Trinajstić information content (AvgIpc) is 3.85. The van der Waals surface area contributed by atoms with Crippen LogP contribution in [0.25, 0.3) is 11.4 Å². The van der Waals surface area contributed by atoms with Gasteiger partial charge in [0.2, 0.25) is 27.7 Å². The number of carbonyl (C=O) groups is 4. The minimum absolute atomic E-state index is 0.0308. The lowest BCUT2D eigenvalue weighted by Gasteiger charge is -2.35. The molecule has 1 aliphatic heterocycles. The van der Waals surface area contributed by atoms with E-state index in [9.17, 15) is 27.6 Å². The van der Waals surface area contributed by atoms with Crippen LogP contribution >= 0.6 is 11.3 Å². The predicted octanol–water partition coefficient (Wildman–Crippen LogP) is 2.42. The van der Waals surface area contributed by atoms with Gasteiger partial charge in [-0.3, -0.25) is 19.1 Å². The molecule has 3 fully saturated rings. The Balaban J connectivity index is 1.27. The van der Waals surface area contributed by atoms with E-state index in [-0.39, 0.29) is 19.4 Å². The third kappa shape index (κ3) is 7.61. The fraction of sp³-hybridized carbons (Fsp3) is 0.485. The smallest absolute Gasteiger partial charge is 0.413 e. The molecule has 2 saturated carbocycles. The van der Waals surface area contributed by atoms with Crippen molar-refractivity contribution in [1.29, 1.82) is 0 Å². The normalized spacial score (nSPS) is 23.5. The van der Waals surface area contributed by atoms with Crippen molar-refractivity contribution in [2.45, 2.75) is 75.4 Å². The first-order valence-corrected chi connectivity index (χ1v) is 18.9. The van der Waals surface area contributed by atoms with Gasteiger partial charge in [0.15, 0.2) is 0 Å². The Bertz CT molecular complexity index is 1920. The molecule has 0 unspecified atom stereocenters. The van der Waals surface area contributed by atoms with Gasteiger partial charge in [0.05, 0.1) is 18.4 Å². The van der Waals surface area contributed by atoms with E-state index in [1.165, 1.54) is 27.1 Å². The number of thiophene rings is 1. The van der Waals surface area contributed by atoms with Gasteiger partial charge in [0.1, 0.15) is 29.1 Å². The van der Waals surface area contributed by atoms with E-state index in [2.05, 4.69) is 37.3 Å². The second-order valence-corrected chi connectivity index (χ2v) is 16.8. The van der Waals surface area contributed by atoms with E-state index in [4.69, 9.17) is 9.47 Å². The van der Waals surface area contributed by atoms with Gasteiger partial charge < -0.3 is 25.0 Å². The maximum Gasteiger partial charge on any atom is 0.413 e. The first-order chi connectivity index (χ1) is 24.1. The number of ether oxygens (including phenoxy) is 2. The van der Waals surface area contributed by atoms with Gasteiger partial charge in [-0.25, -0.2) is 13.2 Å². The summed E-state index contributed by atoms with van der Waals surface area (Å²) in [5.41, 5.74) is -1.73. The molecule has 5 atom stereocenters. The summed E-state index contributed by atoms with van der Waals surface area (Å²) in [6, 6.07) is 5.75. The van der Waals surface area contributed by atoms with Gasteiger partial charge in [0, 0.05) is 29.8 Å². The average molecular weight is 741 g/mol. The summed E-state index contributed by atoms with van der Waals surface area (Å²) in [6.07, 6.45) is 1.71. The zero-order chi connectivity index (χ0) is 36.7. The number of likely N-dealkylation sites (tertiary alicyclic amines) is 1. The Morgan fingerprint density at radius 3 is 2.43 bits per heavy atom. The summed E-state index contributed by atoms with van der Waals surface area (Å²) in [7, 11) is -2.35. The Kier molecular flexibility index (Phi) is 9.67. The summed E-state index contributed by atoms with van der Waals surface area (Å²) in [5, 5.41) is 21.1. The molecule has 3 heterocycles. The number of rotatable bonds is 12. The van der Waals surface area contributed by atoms with Gasteiger partial charge in [-0.15, -0.1) is 28.1 Å². The number of carbonyl (C=O) groups excluding carboxylic acids is 4. The molecule has 3 N–H and O–H groups in total. The quantitative estimate of drug-likeness (QED) is 0.230. The Morgan fingerprint density at radius 2 is 1.84 bits per heavy atom. The van der Waals surface area contributed by atoms with Crippen molar-refractivity contribution in [3.8, 4) is 22.9 Å². The van der Waals surface area contributed by atoms with Crippen molar-refractivity contribution < 1.29 is 37.1 Å². The SMILES string of the molecule is C=C[C@@H]1C[C@]1(NC(=O)[C@@H]1C[C@@H](n2nnc(-c3ccc(OC)cc3)n2)CN1C(=O)[C@@H](NC(=O)Oc1ccsc1)C(C)(C)C)C(=O)NS(=O)(=O)C1CC1. The fourth-order valence-corrected chi connectivity index (χ4v) is 8.02. The number of sulfonamides is 1. The number of nitrogens with zero attached hydrogens (tertiary/aromatic N) is 5. The number of methoxy groups -OCH3 is 1. The van der Waals surface area contributed by atoms with Crippen LogP contribution in [0.3, 0.4) is 0 Å². The maximum atomic E-state index is 14.4. The third-order valence-corrected chi connectivity index (χ3v) is 11.8. The number of hydrogen-bond donors (Lipinski definition) is 3. The standard InChI is InChI=1S/C33H40N8O8S2/c1-6-20-16-33(20,30(44)38-51(46,47)24-11-12-24)35-28(42)25-15-21(41-37-27(36-39-41)19-7-9-22(48-5)10-8-19)17-40(25)29(43)26(32(2,3)4)34-31(45)49-23-13-14-50-18-23/h6-10,13-14,18,20-21,24-26H,1,11-12,15-17H2,2-5H3,(H,34,45)(H,35,42)(H,38,44)/t20-,21-,25+,26-,33-/m1/s1. The molecule has 2 aliphatic carbocycles. The zero-order valence-corrected chi connectivity index (χ0v) is 30.2. The lowest BCUT2D eigenvalue weighted by atomic mass is 9.85. The number of nitrogens with one attached hydrogen (secondary N) is 3. The van der Waals surface area contributed by atoms with Crippen molar-refractivity contribution in [3.05, 3.63) is 53.7 Å². The van der Waals surface area contributed by atoms with Crippen LogP contribution in [-0.2, 0) is 24.4 Å². The monoisotopic (exact) mass is 740 g/mol. The molecule has 51 heavy (non-hydrogen) atoms. The molecule has 6 rings (SSSR count). The highest BCUT2D eigenvalue weighted by Crippen LogP contribution is 2.46. The highest BCUT2D eigenvalue weighted by Gasteiger charge is 2.62. The van der Waals surface area contributed by atoms with Gasteiger partial charge in [0.25, 0.3) is 5.91 Å². The molecule has 16 nitrogen and oxygen atoms in total. The molecule has 0 bridgehead atoms. The van der Waals surface area contributed by atoms with Gasteiger partial charge in [-0.2, -0.15) is 4.80 Å². The molecule has 18 heteroatoms. The highest BCUT2D eigenvalue weighted by molar-refractivity contribution is 7.91. The Labute approximate surface area is 299 Å². The Morgan fingerprint density at radius 1 is 1.12 bits per heavy atom. The molecule has 3 aliphatic rings. The highest BCUT2D eigenvalue weighted by atomic mass is 32.2. The van der Waals surface area contributed by atoms with E-state index in [0.29, 0.717) is 35.7 Å². The van der Waals surface area contributed by atoms with Crippen LogP contribution in [-0.4, -0.2) is 93.9 Å². The molecule has 1 saturated heterocycles. The molecule has 272 valence electrons. The molecule has 3 aromatic rings. The third-order valence-electron chi connectivity index (χ3n) is 9.30. The lowest BCUT2D eigenvalue weighted by molar-refractivity contribution is -0.142. The van der Waals surface area contributed by atoms with Crippen LogP contribution in [0, 0.1) is 11.3 Å². The van der Waals surface area contributed by atoms with Crippen molar-refractivity contribution in [3.63, 3.8) is 0 Å². The molecule has 0 radical (unpaired) electrons. The molecular formula is C33H40N8O8S2. The second-order valence-electron chi connectivity index (χ2n) is 14.0.